The lowest BCUT2D eigenvalue weighted by molar-refractivity contribution is -0.0670. The average Bonchev–Trinajstić information content (AvgIpc) is 2.51. The summed E-state index contributed by atoms with van der Waals surface area (Å²) in [6.07, 6.45) is 2.26. The molecule has 1 aromatic rings. The fourth-order valence-corrected chi connectivity index (χ4v) is 2.88. The zero-order chi connectivity index (χ0) is 16.1. The highest BCUT2D eigenvalue weighted by Crippen LogP contribution is 2.16. The van der Waals surface area contributed by atoms with Crippen molar-refractivity contribution in [3.05, 3.63) is 23.9 Å². The van der Waals surface area contributed by atoms with Gasteiger partial charge in [0.25, 0.3) is 5.91 Å². The smallest absolute Gasteiger partial charge is 0.254 e. The summed E-state index contributed by atoms with van der Waals surface area (Å²) in [6.45, 7) is 7.85. The van der Waals surface area contributed by atoms with Crippen molar-refractivity contribution < 1.29 is 9.53 Å². The predicted molar refractivity (Wildman–Crippen MR) is 87.3 cm³/mol. The minimum Gasteiger partial charge on any atom is -0.373 e. The van der Waals surface area contributed by atoms with Crippen LogP contribution in [0, 0.1) is 0 Å². The first-order chi connectivity index (χ1) is 10.5. The molecule has 0 saturated carbocycles. The Morgan fingerprint density at radius 3 is 2.77 bits per heavy atom. The van der Waals surface area contributed by atoms with Crippen LogP contribution in [0.2, 0.25) is 0 Å². The average molecular weight is 306 g/mol. The van der Waals surface area contributed by atoms with Crippen LogP contribution in [-0.2, 0) is 4.74 Å². The highest BCUT2D eigenvalue weighted by molar-refractivity contribution is 5.98. The number of hydrogen-bond acceptors (Lipinski definition) is 5. The van der Waals surface area contributed by atoms with E-state index in [-0.39, 0.29) is 18.1 Å². The van der Waals surface area contributed by atoms with Crippen LogP contribution in [0.25, 0.3) is 0 Å². The quantitative estimate of drug-likeness (QED) is 0.879. The van der Waals surface area contributed by atoms with E-state index < -0.39 is 0 Å². The molecule has 2 heterocycles. The van der Waals surface area contributed by atoms with Gasteiger partial charge in [-0.1, -0.05) is 0 Å². The highest BCUT2D eigenvalue weighted by Gasteiger charge is 2.22. The summed E-state index contributed by atoms with van der Waals surface area (Å²) in [4.78, 5) is 20.7. The van der Waals surface area contributed by atoms with Crippen LogP contribution < -0.4 is 10.2 Å². The molecular formula is C16H26N4O2. The molecule has 1 N–H and O–H groups in total. The van der Waals surface area contributed by atoms with Crippen LogP contribution in [0.15, 0.2) is 18.3 Å². The van der Waals surface area contributed by atoms with Gasteiger partial charge in [-0.2, -0.15) is 0 Å². The molecule has 0 bridgehead atoms. The number of amides is 1. The number of rotatable bonds is 5. The fourth-order valence-electron chi connectivity index (χ4n) is 2.88. The van der Waals surface area contributed by atoms with Crippen LogP contribution in [0.1, 0.15) is 24.2 Å². The largest absolute Gasteiger partial charge is 0.373 e. The van der Waals surface area contributed by atoms with Gasteiger partial charge in [-0.05, 0) is 26.0 Å². The number of carbonyl (C=O) groups excluding carboxylic acids is 1. The van der Waals surface area contributed by atoms with Gasteiger partial charge in [-0.25, -0.2) is 4.98 Å². The number of pyridine rings is 1. The fraction of sp³-hybridized carbons (Fsp3) is 0.625. The minimum absolute atomic E-state index is 0.108. The van der Waals surface area contributed by atoms with Crippen LogP contribution >= 0.6 is 0 Å². The normalized spacial score (nSPS) is 22.4. The maximum absolute atomic E-state index is 11.9. The number of likely N-dealkylation sites (N-methyl/N-ethyl adjacent to an activating group) is 1. The number of aromatic nitrogens is 1. The van der Waals surface area contributed by atoms with E-state index in [0.717, 1.165) is 32.0 Å². The molecule has 0 unspecified atom stereocenters. The molecule has 2 rings (SSSR count). The lowest BCUT2D eigenvalue weighted by Crippen LogP contribution is -2.47. The second kappa shape index (κ2) is 7.56. The van der Waals surface area contributed by atoms with Crippen molar-refractivity contribution in [2.75, 3.05) is 45.2 Å². The van der Waals surface area contributed by atoms with Gasteiger partial charge in [0.05, 0.1) is 17.8 Å². The van der Waals surface area contributed by atoms with Gasteiger partial charge in [0.15, 0.2) is 0 Å². The molecule has 1 aromatic heterocycles. The first kappa shape index (κ1) is 16.7. The van der Waals surface area contributed by atoms with Gasteiger partial charge in [0, 0.05) is 46.5 Å². The Balaban J connectivity index is 1.98. The van der Waals surface area contributed by atoms with E-state index in [2.05, 4.69) is 29.0 Å². The van der Waals surface area contributed by atoms with Gasteiger partial charge in [-0.3, -0.25) is 9.69 Å². The zero-order valence-corrected chi connectivity index (χ0v) is 13.9. The number of morpholine rings is 1. The molecule has 1 aliphatic heterocycles. The highest BCUT2D eigenvalue weighted by atomic mass is 16.5. The third-order valence-electron chi connectivity index (χ3n) is 3.87. The van der Waals surface area contributed by atoms with Crippen LogP contribution in [-0.4, -0.2) is 68.3 Å². The second-order valence-electron chi connectivity index (χ2n) is 5.89. The zero-order valence-electron chi connectivity index (χ0n) is 13.9. The van der Waals surface area contributed by atoms with E-state index >= 15 is 0 Å². The Bertz CT molecular complexity index is 499. The van der Waals surface area contributed by atoms with Gasteiger partial charge < -0.3 is 15.0 Å². The third kappa shape index (κ3) is 4.18. The molecule has 0 spiro atoms. The maximum Gasteiger partial charge on any atom is 0.254 e. The van der Waals surface area contributed by atoms with Gasteiger partial charge in [0.2, 0.25) is 0 Å². The molecule has 1 amide bonds. The van der Waals surface area contributed by atoms with Crippen molar-refractivity contribution in [3.63, 3.8) is 0 Å². The van der Waals surface area contributed by atoms with E-state index in [1.165, 1.54) is 0 Å². The summed E-state index contributed by atoms with van der Waals surface area (Å²) in [5.41, 5.74) is 0.608. The lowest BCUT2D eigenvalue weighted by Gasteiger charge is -2.36. The molecule has 1 fully saturated rings. The second-order valence-corrected chi connectivity index (χ2v) is 5.89. The Morgan fingerprint density at radius 1 is 1.45 bits per heavy atom. The van der Waals surface area contributed by atoms with E-state index in [1.54, 1.807) is 25.4 Å². The Hall–Kier alpha value is -1.66. The number of nitrogens with zero attached hydrogens (tertiary/aromatic N) is 3. The number of hydrogen-bond donors (Lipinski definition) is 1. The molecule has 6 nitrogen and oxygen atoms in total. The van der Waals surface area contributed by atoms with Crippen molar-refractivity contribution in [1.29, 1.82) is 0 Å². The Morgan fingerprint density at radius 2 is 2.14 bits per heavy atom. The maximum atomic E-state index is 11.9. The Labute approximate surface area is 132 Å². The number of carbonyl (C=O) groups is 1. The van der Waals surface area contributed by atoms with Crippen molar-refractivity contribution in [2.45, 2.75) is 26.1 Å². The van der Waals surface area contributed by atoms with E-state index in [9.17, 15) is 4.79 Å². The molecule has 6 heteroatoms. The van der Waals surface area contributed by atoms with Crippen molar-refractivity contribution in [3.8, 4) is 0 Å². The minimum atomic E-state index is -0.108. The monoisotopic (exact) mass is 306 g/mol. The lowest BCUT2D eigenvalue weighted by atomic mass is 10.2. The first-order valence-corrected chi connectivity index (χ1v) is 7.77. The van der Waals surface area contributed by atoms with Gasteiger partial charge >= 0.3 is 0 Å². The van der Waals surface area contributed by atoms with Gasteiger partial charge in [0.1, 0.15) is 5.82 Å². The first-order valence-electron chi connectivity index (χ1n) is 7.77. The Kier molecular flexibility index (Phi) is 5.74. The van der Waals surface area contributed by atoms with Crippen LogP contribution in [0.3, 0.4) is 0 Å². The molecule has 0 aromatic carbocycles. The van der Waals surface area contributed by atoms with E-state index in [4.69, 9.17) is 4.74 Å². The summed E-state index contributed by atoms with van der Waals surface area (Å²) in [6, 6.07) is 3.59. The molecule has 0 aliphatic carbocycles. The standard InChI is InChI=1S/C16H26N4O2/c1-12-10-20(11-13(2)22-12)9-8-19(4)15-14(16(21)17-3)6-5-7-18-15/h5-7,12-13H,8-11H2,1-4H3,(H,17,21)/t12-,13+. The predicted octanol–water partition coefficient (Wildman–Crippen LogP) is 0.987. The van der Waals surface area contributed by atoms with Crippen molar-refractivity contribution >= 4 is 11.7 Å². The number of ether oxygens (including phenoxy) is 1. The molecule has 122 valence electrons. The van der Waals surface area contributed by atoms with E-state index in [1.807, 2.05) is 11.9 Å². The van der Waals surface area contributed by atoms with E-state index in [0.29, 0.717) is 5.56 Å². The van der Waals surface area contributed by atoms with Crippen molar-refractivity contribution in [2.24, 2.45) is 0 Å². The molecule has 2 atom stereocenters. The van der Waals surface area contributed by atoms with Crippen molar-refractivity contribution in [1.82, 2.24) is 15.2 Å². The van der Waals surface area contributed by atoms with Crippen LogP contribution in [0.5, 0.6) is 0 Å². The summed E-state index contributed by atoms with van der Waals surface area (Å²) >= 11 is 0. The topological polar surface area (TPSA) is 57.7 Å². The summed E-state index contributed by atoms with van der Waals surface area (Å²) < 4.78 is 5.75. The third-order valence-corrected chi connectivity index (χ3v) is 3.87. The number of anilines is 1. The SMILES string of the molecule is CNC(=O)c1cccnc1N(C)CCN1C[C@@H](C)O[C@@H](C)C1. The molecule has 22 heavy (non-hydrogen) atoms. The summed E-state index contributed by atoms with van der Waals surface area (Å²) in [5.74, 6) is 0.611. The summed E-state index contributed by atoms with van der Waals surface area (Å²) in [5, 5.41) is 2.66. The van der Waals surface area contributed by atoms with Gasteiger partial charge in [-0.15, -0.1) is 0 Å². The molecular weight excluding hydrogens is 280 g/mol. The summed E-state index contributed by atoms with van der Waals surface area (Å²) in [7, 11) is 3.61. The number of nitrogens with one attached hydrogen (secondary N) is 1. The molecule has 1 aliphatic rings. The van der Waals surface area contributed by atoms with Crippen LogP contribution in [0.4, 0.5) is 5.82 Å². The molecule has 0 radical (unpaired) electrons. The molecule has 1 saturated heterocycles.